The molecule has 22 heavy (non-hydrogen) atoms. The van der Waals surface area contributed by atoms with Gasteiger partial charge in [-0.05, 0) is 43.4 Å². The molecule has 0 unspecified atom stereocenters. The molecule has 1 amide bonds. The molecular weight excluding hydrogens is 331 g/mol. The maximum atomic E-state index is 13.9. The van der Waals surface area contributed by atoms with Crippen LogP contribution >= 0.6 is 11.6 Å². The number of halogens is 2. The van der Waals surface area contributed by atoms with Crippen LogP contribution < -0.4 is 10.0 Å². The summed E-state index contributed by atoms with van der Waals surface area (Å²) in [5, 5.41) is 2.74. The Morgan fingerprint density at radius 1 is 1.18 bits per heavy atom. The third-order valence-corrected chi connectivity index (χ3v) is 4.50. The maximum Gasteiger partial charge on any atom is 0.255 e. The van der Waals surface area contributed by atoms with Gasteiger partial charge in [-0.3, -0.25) is 4.79 Å². The van der Waals surface area contributed by atoms with Gasteiger partial charge in [0.15, 0.2) is 0 Å². The van der Waals surface area contributed by atoms with Gasteiger partial charge in [0.2, 0.25) is 10.0 Å². The molecule has 0 aliphatic heterocycles. The van der Waals surface area contributed by atoms with Gasteiger partial charge in [-0.15, -0.1) is 0 Å². The molecule has 0 atom stereocenters. The lowest BCUT2D eigenvalue weighted by Gasteiger charge is -2.08. The lowest BCUT2D eigenvalue weighted by atomic mass is 10.2. The van der Waals surface area contributed by atoms with E-state index in [0.29, 0.717) is 5.02 Å². The molecule has 0 spiro atoms. The van der Waals surface area contributed by atoms with E-state index in [0.717, 1.165) is 6.07 Å². The molecule has 5 nitrogen and oxygen atoms in total. The van der Waals surface area contributed by atoms with Gasteiger partial charge in [-0.2, -0.15) is 0 Å². The Hall–Kier alpha value is -1.96. The smallest absolute Gasteiger partial charge is 0.255 e. The molecule has 0 saturated carbocycles. The summed E-state index contributed by atoms with van der Waals surface area (Å²) in [6.07, 6.45) is 0. The van der Waals surface area contributed by atoms with E-state index >= 15 is 0 Å². The Kier molecular flexibility index (Phi) is 4.80. The molecule has 0 fully saturated rings. The van der Waals surface area contributed by atoms with Gasteiger partial charge in [0.1, 0.15) is 5.82 Å². The van der Waals surface area contributed by atoms with Crippen LogP contribution in [0.3, 0.4) is 0 Å². The van der Waals surface area contributed by atoms with Crippen LogP contribution in [-0.2, 0) is 10.0 Å². The molecule has 0 radical (unpaired) electrons. The standard InChI is InChI=1S/C14H12ClFN2O3S/c1-17-22(20,21)11-5-6-13(12(16)8-11)18-14(19)9-3-2-4-10(15)7-9/h2-8,17H,1H3,(H,18,19). The van der Waals surface area contributed by atoms with Crippen LogP contribution in [-0.4, -0.2) is 21.4 Å². The number of hydrogen-bond acceptors (Lipinski definition) is 3. The highest BCUT2D eigenvalue weighted by atomic mass is 35.5. The fourth-order valence-corrected chi connectivity index (χ4v) is 2.64. The average molecular weight is 343 g/mol. The summed E-state index contributed by atoms with van der Waals surface area (Å²) in [5.41, 5.74) is 0.138. The number of nitrogens with one attached hydrogen (secondary N) is 2. The lowest BCUT2D eigenvalue weighted by Crippen LogP contribution is -2.19. The van der Waals surface area contributed by atoms with E-state index in [1.54, 1.807) is 12.1 Å². The second-order valence-electron chi connectivity index (χ2n) is 4.31. The van der Waals surface area contributed by atoms with Crippen molar-refractivity contribution in [1.29, 1.82) is 0 Å². The average Bonchev–Trinajstić information content (AvgIpc) is 2.49. The van der Waals surface area contributed by atoms with Gasteiger partial charge >= 0.3 is 0 Å². The van der Waals surface area contributed by atoms with E-state index in [-0.39, 0.29) is 16.1 Å². The number of benzene rings is 2. The molecule has 116 valence electrons. The summed E-state index contributed by atoms with van der Waals surface area (Å²) < 4.78 is 39.2. The Bertz CT molecular complexity index is 825. The zero-order valence-electron chi connectivity index (χ0n) is 11.4. The molecule has 0 bridgehead atoms. The maximum absolute atomic E-state index is 13.9. The highest BCUT2D eigenvalue weighted by Crippen LogP contribution is 2.20. The van der Waals surface area contributed by atoms with Crippen LogP contribution in [0.15, 0.2) is 47.4 Å². The first-order chi connectivity index (χ1) is 10.3. The monoisotopic (exact) mass is 342 g/mol. The van der Waals surface area contributed by atoms with E-state index in [2.05, 4.69) is 10.0 Å². The Morgan fingerprint density at radius 2 is 1.91 bits per heavy atom. The number of carbonyl (C=O) groups is 1. The molecule has 0 aromatic heterocycles. The summed E-state index contributed by atoms with van der Waals surface area (Å²) in [5.74, 6) is -1.41. The van der Waals surface area contributed by atoms with Crippen LogP contribution in [0.4, 0.5) is 10.1 Å². The molecule has 2 aromatic carbocycles. The summed E-state index contributed by atoms with van der Waals surface area (Å²) in [4.78, 5) is 11.8. The fourth-order valence-electron chi connectivity index (χ4n) is 1.71. The van der Waals surface area contributed by atoms with Gasteiger partial charge in [0, 0.05) is 10.6 Å². The molecular formula is C14H12ClFN2O3S. The zero-order chi connectivity index (χ0) is 16.3. The molecule has 0 heterocycles. The van der Waals surface area contributed by atoms with Crippen molar-refractivity contribution in [3.63, 3.8) is 0 Å². The fraction of sp³-hybridized carbons (Fsp3) is 0.0714. The van der Waals surface area contributed by atoms with E-state index in [1.165, 1.54) is 31.3 Å². The minimum absolute atomic E-state index is 0.125. The molecule has 2 N–H and O–H groups in total. The number of anilines is 1. The third-order valence-electron chi connectivity index (χ3n) is 2.85. The first-order valence-corrected chi connectivity index (χ1v) is 7.99. The Balaban J connectivity index is 2.26. The van der Waals surface area contributed by atoms with E-state index in [9.17, 15) is 17.6 Å². The summed E-state index contributed by atoms with van der Waals surface area (Å²) >= 11 is 5.78. The first-order valence-electron chi connectivity index (χ1n) is 6.13. The van der Waals surface area contributed by atoms with Gasteiger partial charge in [0.05, 0.1) is 10.6 Å². The quantitative estimate of drug-likeness (QED) is 0.897. The summed E-state index contributed by atoms with van der Waals surface area (Å²) in [7, 11) is -2.52. The van der Waals surface area contributed by atoms with Crippen LogP contribution in [0.2, 0.25) is 5.02 Å². The second kappa shape index (κ2) is 6.43. The number of rotatable bonds is 4. The van der Waals surface area contributed by atoms with E-state index < -0.39 is 21.7 Å². The Morgan fingerprint density at radius 3 is 2.50 bits per heavy atom. The van der Waals surface area contributed by atoms with Crippen molar-refractivity contribution in [1.82, 2.24) is 4.72 Å². The Labute approximate surface area is 132 Å². The van der Waals surface area contributed by atoms with E-state index in [1.807, 2.05) is 0 Å². The number of sulfonamides is 1. The van der Waals surface area contributed by atoms with Crippen LogP contribution in [0.25, 0.3) is 0 Å². The third kappa shape index (κ3) is 3.62. The minimum atomic E-state index is -3.74. The minimum Gasteiger partial charge on any atom is -0.319 e. The number of carbonyl (C=O) groups excluding carboxylic acids is 1. The van der Waals surface area contributed by atoms with Crippen molar-refractivity contribution in [2.75, 3.05) is 12.4 Å². The molecule has 8 heteroatoms. The van der Waals surface area contributed by atoms with Gasteiger partial charge < -0.3 is 5.32 Å². The van der Waals surface area contributed by atoms with Crippen molar-refractivity contribution >= 4 is 33.2 Å². The molecule has 2 aromatic rings. The first kappa shape index (κ1) is 16.4. The normalized spacial score (nSPS) is 11.2. The number of hydrogen-bond donors (Lipinski definition) is 2. The highest BCUT2D eigenvalue weighted by molar-refractivity contribution is 7.89. The van der Waals surface area contributed by atoms with Gasteiger partial charge in [-0.25, -0.2) is 17.5 Å². The molecule has 0 aliphatic rings. The molecule has 0 aliphatic carbocycles. The molecule has 0 saturated heterocycles. The SMILES string of the molecule is CNS(=O)(=O)c1ccc(NC(=O)c2cccc(Cl)c2)c(F)c1. The van der Waals surface area contributed by atoms with Gasteiger partial charge in [-0.1, -0.05) is 17.7 Å². The van der Waals surface area contributed by atoms with Crippen molar-refractivity contribution in [3.8, 4) is 0 Å². The van der Waals surface area contributed by atoms with Crippen molar-refractivity contribution in [3.05, 3.63) is 58.9 Å². The predicted molar refractivity (Wildman–Crippen MR) is 82.1 cm³/mol. The summed E-state index contributed by atoms with van der Waals surface area (Å²) in [6.45, 7) is 0. The zero-order valence-corrected chi connectivity index (χ0v) is 13.0. The van der Waals surface area contributed by atoms with E-state index in [4.69, 9.17) is 11.6 Å². The summed E-state index contributed by atoms with van der Waals surface area (Å²) in [6, 6.07) is 9.38. The van der Waals surface area contributed by atoms with Crippen molar-refractivity contribution in [2.24, 2.45) is 0 Å². The number of amides is 1. The van der Waals surface area contributed by atoms with Gasteiger partial charge in [0.25, 0.3) is 5.91 Å². The van der Waals surface area contributed by atoms with Crippen LogP contribution in [0.1, 0.15) is 10.4 Å². The lowest BCUT2D eigenvalue weighted by molar-refractivity contribution is 0.102. The largest absolute Gasteiger partial charge is 0.319 e. The molecule has 2 rings (SSSR count). The second-order valence-corrected chi connectivity index (χ2v) is 6.64. The van der Waals surface area contributed by atoms with Crippen LogP contribution in [0, 0.1) is 5.82 Å². The predicted octanol–water partition coefficient (Wildman–Crippen LogP) is 2.64. The highest BCUT2D eigenvalue weighted by Gasteiger charge is 2.15. The topological polar surface area (TPSA) is 75.3 Å². The van der Waals surface area contributed by atoms with Crippen molar-refractivity contribution < 1.29 is 17.6 Å². The van der Waals surface area contributed by atoms with Crippen LogP contribution in [0.5, 0.6) is 0 Å². The van der Waals surface area contributed by atoms with Crippen molar-refractivity contribution in [2.45, 2.75) is 4.90 Å².